The van der Waals surface area contributed by atoms with Crippen molar-refractivity contribution in [2.45, 2.75) is 25.6 Å². The van der Waals surface area contributed by atoms with Crippen LogP contribution < -0.4 is 16.6 Å². The Morgan fingerprint density at radius 1 is 1.23 bits per heavy atom. The van der Waals surface area contributed by atoms with Gasteiger partial charge < -0.3 is 21.1 Å². The predicted molar refractivity (Wildman–Crippen MR) is 125 cm³/mol. The summed E-state index contributed by atoms with van der Waals surface area (Å²) in [6, 6.07) is 4.31. The maximum atomic E-state index is 13.3. The van der Waals surface area contributed by atoms with Crippen molar-refractivity contribution in [3.63, 3.8) is 0 Å². The fraction of sp³-hybridized carbons (Fsp3) is 0.304. The number of nitrogen functional groups attached to an aromatic ring is 1. The molecule has 1 amide bonds. The van der Waals surface area contributed by atoms with Crippen LogP contribution in [0.3, 0.4) is 0 Å². The highest BCUT2D eigenvalue weighted by atomic mass is 19.4. The number of fused-ring (bicyclic) bond motifs is 1. The Bertz CT molecular complexity index is 1400. The minimum absolute atomic E-state index is 0.0204. The van der Waals surface area contributed by atoms with E-state index in [0.717, 1.165) is 12.1 Å². The number of carbonyl (C=O) groups is 1. The van der Waals surface area contributed by atoms with Gasteiger partial charge in [0, 0.05) is 31.4 Å². The second kappa shape index (κ2) is 8.93. The molecule has 4 rings (SSSR count). The summed E-state index contributed by atoms with van der Waals surface area (Å²) in [5, 5.41) is 12.9. The minimum Gasteiger partial charge on any atom is -0.465 e. The molecule has 4 N–H and O–H groups in total. The first kappa shape index (κ1) is 24.0. The van der Waals surface area contributed by atoms with Crippen molar-refractivity contribution in [3.05, 3.63) is 63.7 Å². The lowest BCUT2D eigenvalue weighted by Crippen LogP contribution is -2.35. The monoisotopic (exact) mass is 488 g/mol. The third-order valence-corrected chi connectivity index (χ3v) is 5.93. The van der Waals surface area contributed by atoms with E-state index in [1.807, 2.05) is 6.08 Å². The van der Waals surface area contributed by atoms with Crippen molar-refractivity contribution < 1.29 is 23.1 Å². The molecule has 0 spiro atoms. The Labute approximate surface area is 197 Å². The number of nitrogens with two attached hydrogens (primary N) is 1. The van der Waals surface area contributed by atoms with Crippen molar-refractivity contribution in [2.24, 2.45) is 7.05 Å². The van der Waals surface area contributed by atoms with E-state index in [1.54, 1.807) is 20.0 Å². The van der Waals surface area contributed by atoms with Gasteiger partial charge in [0.25, 0.3) is 5.56 Å². The van der Waals surface area contributed by atoms with Crippen LogP contribution in [0.5, 0.6) is 0 Å². The number of rotatable bonds is 4. The van der Waals surface area contributed by atoms with Crippen LogP contribution in [0, 0.1) is 0 Å². The van der Waals surface area contributed by atoms with Gasteiger partial charge in [-0.2, -0.15) is 13.2 Å². The molecule has 9 nitrogen and oxygen atoms in total. The standard InChI is InChI=1S/C23H23F3N6O3/c1-12(14-6-15(23(24,25)26)8-16(27)7-14)30-19-18-9-17(13-4-3-5-32(10-13)22(34)35)21(33)31(2)20(18)29-11-28-19/h4,6-9,11-12H,3,5,10,27H2,1-2H3,(H,34,35)(H,28,29,30)/t12-/m1/s1. The number of amides is 1. The number of benzene rings is 1. The molecule has 0 saturated heterocycles. The summed E-state index contributed by atoms with van der Waals surface area (Å²) < 4.78 is 41.1. The van der Waals surface area contributed by atoms with E-state index in [4.69, 9.17) is 5.73 Å². The first-order valence-electron chi connectivity index (χ1n) is 10.7. The maximum absolute atomic E-state index is 13.3. The third kappa shape index (κ3) is 4.77. The zero-order valence-corrected chi connectivity index (χ0v) is 18.9. The second-order valence-electron chi connectivity index (χ2n) is 8.36. The van der Waals surface area contributed by atoms with Gasteiger partial charge >= 0.3 is 12.3 Å². The van der Waals surface area contributed by atoms with Crippen molar-refractivity contribution in [1.29, 1.82) is 0 Å². The molecule has 184 valence electrons. The summed E-state index contributed by atoms with van der Waals surface area (Å²) in [5.74, 6) is 0.307. The van der Waals surface area contributed by atoms with Crippen LogP contribution in [0.15, 0.2) is 41.5 Å². The van der Waals surface area contributed by atoms with Crippen molar-refractivity contribution in [1.82, 2.24) is 19.4 Å². The first-order valence-corrected chi connectivity index (χ1v) is 10.7. The van der Waals surface area contributed by atoms with E-state index in [2.05, 4.69) is 15.3 Å². The second-order valence-corrected chi connectivity index (χ2v) is 8.36. The summed E-state index contributed by atoms with van der Waals surface area (Å²) in [5.41, 5.74) is 5.98. The number of hydrogen-bond acceptors (Lipinski definition) is 6. The molecule has 0 saturated carbocycles. The Kier molecular flexibility index (Phi) is 6.14. The van der Waals surface area contributed by atoms with Crippen molar-refractivity contribution >= 4 is 34.2 Å². The van der Waals surface area contributed by atoms with E-state index in [1.165, 1.54) is 21.9 Å². The number of aromatic nitrogens is 3. The van der Waals surface area contributed by atoms with E-state index in [0.29, 0.717) is 46.5 Å². The summed E-state index contributed by atoms with van der Waals surface area (Å²) >= 11 is 0. The number of nitrogens with one attached hydrogen (secondary N) is 1. The Balaban J connectivity index is 1.76. The number of pyridine rings is 1. The number of anilines is 2. The van der Waals surface area contributed by atoms with Crippen LogP contribution in [-0.2, 0) is 13.2 Å². The molecule has 2 aromatic heterocycles. The van der Waals surface area contributed by atoms with Gasteiger partial charge in [-0.25, -0.2) is 14.8 Å². The largest absolute Gasteiger partial charge is 0.465 e. The molecule has 1 aromatic carbocycles. The van der Waals surface area contributed by atoms with Gasteiger partial charge in [0.15, 0.2) is 0 Å². The molecule has 1 aliphatic rings. The lowest BCUT2D eigenvalue weighted by atomic mass is 10.0. The van der Waals surface area contributed by atoms with Crippen LogP contribution in [-0.4, -0.2) is 43.7 Å². The molecule has 0 fully saturated rings. The molecule has 3 aromatic rings. The molecule has 0 unspecified atom stereocenters. The minimum atomic E-state index is -4.55. The van der Waals surface area contributed by atoms with Gasteiger partial charge in [-0.05, 0) is 48.7 Å². The summed E-state index contributed by atoms with van der Waals surface area (Å²) in [7, 11) is 1.54. The molecule has 1 aliphatic heterocycles. The number of nitrogens with zero attached hydrogens (tertiary/aromatic N) is 4. The summed E-state index contributed by atoms with van der Waals surface area (Å²) in [4.78, 5) is 34.1. The van der Waals surface area contributed by atoms with Crippen molar-refractivity contribution in [2.75, 3.05) is 24.1 Å². The van der Waals surface area contributed by atoms with Crippen LogP contribution in [0.4, 0.5) is 29.5 Å². The number of alkyl halides is 3. The highest BCUT2D eigenvalue weighted by molar-refractivity contribution is 5.90. The molecule has 1 atom stereocenters. The Morgan fingerprint density at radius 3 is 2.66 bits per heavy atom. The molecule has 0 radical (unpaired) electrons. The molecule has 3 heterocycles. The molecule has 0 aliphatic carbocycles. The van der Waals surface area contributed by atoms with Crippen LogP contribution >= 0.6 is 0 Å². The van der Waals surface area contributed by atoms with Crippen molar-refractivity contribution in [3.8, 4) is 0 Å². The fourth-order valence-corrected chi connectivity index (χ4v) is 4.10. The third-order valence-electron chi connectivity index (χ3n) is 5.93. The highest BCUT2D eigenvalue weighted by Gasteiger charge is 2.31. The predicted octanol–water partition coefficient (Wildman–Crippen LogP) is 3.87. The molecule has 35 heavy (non-hydrogen) atoms. The van der Waals surface area contributed by atoms with Gasteiger partial charge in [-0.1, -0.05) is 6.08 Å². The molecular formula is C23H23F3N6O3. The average molecular weight is 488 g/mol. The number of hydrogen-bond donors (Lipinski definition) is 3. The van der Waals surface area contributed by atoms with Gasteiger partial charge in [0.2, 0.25) is 0 Å². The lowest BCUT2D eigenvalue weighted by Gasteiger charge is -2.25. The van der Waals surface area contributed by atoms with Crippen LogP contribution in [0.25, 0.3) is 16.6 Å². The van der Waals surface area contributed by atoms with Gasteiger partial charge in [-0.15, -0.1) is 0 Å². The SMILES string of the molecule is C[C@@H](Nc1ncnc2c1cc(C1=CCCN(C(=O)O)C1)c(=O)n2C)c1cc(N)cc(C(F)(F)F)c1. The number of aryl methyl sites for hydroxylation is 1. The van der Waals surface area contributed by atoms with E-state index in [9.17, 15) is 27.9 Å². The normalized spacial score (nSPS) is 15.1. The molecular weight excluding hydrogens is 465 g/mol. The average Bonchev–Trinajstić information content (AvgIpc) is 2.80. The van der Waals surface area contributed by atoms with E-state index < -0.39 is 23.9 Å². The quantitative estimate of drug-likeness (QED) is 0.476. The topological polar surface area (TPSA) is 126 Å². The van der Waals surface area contributed by atoms with E-state index in [-0.39, 0.29) is 17.8 Å². The number of carboxylic acid groups (broad SMARTS) is 1. The number of halogens is 3. The van der Waals surface area contributed by atoms with Gasteiger partial charge in [0.05, 0.1) is 17.0 Å². The molecule has 12 heteroatoms. The summed E-state index contributed by atoms with van der Waals surface area (Å²) in [6.45, 7) is 2.06. The zero-order chi connectivity index (χ0) is 25.5. The molecule has 0 bridgehead atoms. The highest BCUT2D eigenvalue weighted by Crippen LogP contribution is 2.34. The Hall–Kier alpha value is -4.09. The fourth-order valence-electron chi connectivity index (χ4n) is 4.10. The van der Waals surface area contributed by atoms with Gasteiger partial charge in [-0.3, -0.25) is 9.36 Å². The zero-order valence-electron chi connectivity index (χ0n) is 18.9. The van der Waals surface area contributed by atoms with E-state index >= 15 is 0 Å². The summed E-state index contributed by atoms with van der Waals surface area (Å²) in [6.07, 6.45) is -2.08. The van der Waals surface area contributed by atoms with Crippen LogP contribution in [0.1, 0.15) is 36.1 Å². The maximum Gasteiger partial charge on any atom is 0.416 e. The van der Waals surface area contributed by atoms with Crippen LogP contribution in [0.2, 0.25) is 0 Å². The first-order chi connectivity index (χ1) is 16.5. The Morgan fingerprint density at radius 2 is 1.97 bits per heavy atom. The van der Waals surface area contributed by atoms with Gasteiger partial charge in [0.1, 0.15) is 17.8 Å². The lowest BCUT2D eigenvalue weighted by molar-refractivity contribution is -0.137. The smallest absolute Gasteiger partial charge is 0.416 e.